The fourth-order valence-corrected chi connectivity index (χ4v) is 4.05. The van der Waals surface area contributed by atoms with Gasteiger partial charge in [0.1, 0.15) is 5.84 Å². The van der Waals surface area contributed by atoms with Crippen LogP contribution in [0.1, 0.15) is 31.2 Å². The first kappa shape index (κ1) is 18.2. The number of hydrogen-bond acceptors (Lipinski definition) is 3. The molecule has 0 radical (unpaired) electrons. The van der Waals surface area contributed by atoms with Crippen LogP contribution in [0.25, 0.3) is 0 Å². The number of aliphatic imine (C=N–C) groups is 1. The monoisotopic (exact) mass is 451 g/mol. The molecule has 4 N–H and O–H groups in total. The van der Waals surface area contributed by atoms with Gasteiger partial charge in [-0.2, -0.15) is 0 Å². The molecule has 1 aliphatic rings. The molecule has 1 fully saturated rings. The largest absolute Gasteiger partial charge is 0.393 e. The third-order valence-electron chi connectivity index (χ3n) is 3.78. The Kier molecular flexibility index (Phi) is 7.15. The zero-order chi connectivity index (χ0) is 16.1. The third kappa shape index (κ3) is 5.20. The molecule has 0 bridgehead atoms. The zero-order valence-corrected chi connectivity index (χ0v) is 16.1. The molecule has 4 nitrogen and oxygen atoms in total. The number of halogens is 3. The van der Waals surface area contributed by atoms with Crippen molar-refractivity contribution < 1.29 is 5.11 Å². The van der Waals surface area contributed by atoms with Gasteiger partial charge in [-0.3, -0.25) is 0 Å². The quantitative estimate of drug-likeness (QED) is 0.361. The van der Waals surface area contributed by atoms with Gasteiger partial charge in [0, 0.05) is 21.5 Å². The number of rotatable bonds is 5. The Morgan fingerprint density at radius 3 is 2.64 bits per heavy atom. The highest BCUT2D eigenvalue weighted by Crippen LogP contribution is 2.33. The second kappa shape index (κ2) is 8.64. The molecule has 122 valence electrons. The highest BCUT2D eigenvalue weighted by molar-refractivity contribution is 9.11. The van der Waals surface area contributed by atoms with E-state index < -0.39 is 0 Å². The summed E-state index contributed by atoms with van der Waals surface area (Å²) in [6.45, 7) is 0.702. The van der Waals surface area contributed by atoms with Gasteiger partial charge in [-0.05, 0) is 59.3 Å². The van der Waals surface area contributed by atoms with Crippen LogP contribution < -0.4 is 11.1 Å². The number of aliphatic hydroxyl groups excluding tert-OH is 1. The maximum absolute atomic E-state index is 9.57. The van der Waals surface area contributed by atoms with E-state index in [1.165, 1.54) is 0 Å². The highest BCUT2D eigenvalue weighted by Gasteiger charge is 2.19. The first-order chi connectivity index (χ1) is 10.5. The summed E-state index contributed by atoms with van der Waals surface area (Å²) >= 11 is 12.8. The summed E-state index contributed by atoms with van der Waals surface area (Å²) < 4.78 is 1.87. The van der Waals surface area contributed by atoms with E-state index in [0.717, 1.165) is 45.9 Å². The Labute approximate surface area is 152 Å². The van der Waals surface area contributed by atoms with Crippen LogP contribution in [0.3, 0.4) is 0 Å². The topological polar surface area (TPSA) is 70.6 Å². The molecule has 2 rings (SSSR count). The van der Waals surface area contributed by atoms with Crippen LogP contribution in [0.2, 0.25) is 0 Å². The maximum atomic E-state index is 9.57. The molecule has 0 unspecified atom stereocenters. The molecule has 0 saturated heterocycles. The Morgan fingerprint density at radius 2 is 2.00 bits per heavy atom. The van der Waals surface area contributed by atoms with Crippen molar-refractivity contribution in [2.24, 2.45) is 10.7 Å². The molecular formula is C15H20Br2ClN3O. The Morgan fingerprint density at radius 1 is 1.32 bits per heavy atom. The lowest BCUT2D eigenvalue weighted by Crippen LogP contribution is -2.34. The van der Waals surface area contributed by atoms with Crippen LogP contribution in [0.15, 0.2) is 26.1 Å². The summed E-state index contributed by atoms with van der Waals surface area (Å²) in [6.07, 6.45) is 3.59. The standard InChI is InChI=1S/C15H20Br2ClN3O/c16-10-5-9(8-20-11-1-3-12(22)4-2-11)15(13(17)6-10)21-14(19)7-18/h5-6,11-12,20,22H,1-4,7-8H2,(H2,19,21). The molecule has 1 aromatic carbocycles. The van der Waals surface area contributed by atoms with Gasteiger partial charge in [-0.1, -0.05) is 15.9 Å². The number of nitrogens with one attached hydrogen (secondary N) is 1. The van der Waals surface area contributed by atoms with E-state index in [0.29, 0.717) is 18.4 Å². The Bertz CT molecular complexity index is 546. The fraction of sp³-hybridized carbons (Fsp3) is 0.533. The first-order valence-electron chi connectivity index (χ1n) is 7.28. The summed E-state index contributed by atoms with van der Waals surface area (Å²) in [5.41, 5.74) is 7.64. The minimum Gasteiger partial charge on any atom is -0.393 e. The molecule has 22 heavy (non-hydrogen) atoms. The van der Waals surface area contributed by atoms with Gasteiger partial charge in [0.25, 0.3) is 0 Å². The van der Waals surface area contributed by atoms with E-state index >= 15 is 0 Å². The van der Waals surface area contributed by atoms with Crippen LogP contribution in [0.5, 0.6) is 0 Å². The molecule has 0 heterocycles. The molecule has 1 saturated carbocycles. The minimum atomic E-state index is -0.137. The fourth-order valence-electron chi connectivity index (χ4n) is 2.59. The normalized spacial score (nSPS) is 22.8. The number of amidine groups is 1. The van der Waals surface area contributed by atoms with Gasteiger partial charge in [0.2, 0.25) is 0 Å². The van der Waals surface area contributed by atoms with Gasteiger partial charge >= 0.3 is 0 Å². The van der Waals surface area contributed by atoms with E-state index in [2.05, 4.69) is 42.2 Å². The van der Waals surface area contributed by atoms with Crippen molar-refractivity contribution in [3.63, 3.8) is 0 Å². The van der Waals surface area contributed by atoms with Gasteiger partial charge in [-0.15, -0.1) is 11.6 Å². The smallest absolute Gasteiger partial charge is 0.115 e. The van der Waals surface area contributed by atoms with Crippen molar-refractivity contribution >= 4 is 55.0 Å². The van der Waals surface area contributed by atoms with E-state index in [-0.39, 0.29) is 12.0 Å². The van der Waals surface area contributed by atoms with Gasteiger partial charge in [0.15, 0.2) is 0 Å². The SMILES string of the molecule is NC(CCl)=Nc1c(Br)cc(Br)cc1CNC1CCC(O)CC1. The predicted octanol–water partition coefficient (Wildman–Crippen LogP) is 3.83. The van der Waals surface area contributed by atoms with E-state index in [4.69, 9.17) is 17.3 Å². The van der Waals surface area contributed by atoms with Crippen LogP contribution in [0, 0.1) is 0 Å². The van der Waals surface area contributed by atoms with Crippen molar-refractivity contribution in [2.45, 2.75) is 44.4 Å². The number of benzene rings is 1. The number of aliphatic hydroxyl groups is 1. The molecule has 0 aromatic heterocycles. The lowest BCUT2D eigenvalue weighted by molar-refractivity contribution is 0.116. The summed E-state index contributed by atoms with van der Waals surface area (Å²) in [7, 11) is 0. The number of hydrogen-bond donors (Lipinski definition) is 3. The molecule has 0 atom stereocenters. The zero-order valence-electron chi connectivity index (χ0n) is 12.2. The molecule has 7 heteroatoms. The highest BCUT2D eigenvalue weighted by atomic mass is 79.9. The van der Waals surface area contributed by atoms with Crippen LogP contribution in [-0.4, -0.2) is 29.0 Å². The van der Waals surface area contributed by atoms with Crippen molar-refractivity contribution in [1.82, 2.24) is 5.32 Å². The maximum Gasteiger partial charge on any atom is 0.115 e. The predicted molar refractivity (Wildman–Crippen MR) is 98.9 cm³/mol. The minimum absolute atomic E-state index is 0.137. The second-order valence-corrected chi connectivity index (χ2v) is 7.56. The summed E-state index contributed by atoms with van der Waals surface area (Å²) in [5, 5.41) is 13.1. The van der Waals surface area contributed by atoms with Gasteiger partial charge in [0.05, 0.1) is 17.7 Å². The Hall–Kier alpha value is -0.140. The van der Waals surface area contributed by atoms with Crippen molar-refractivity contribution in [3.05, 3.63) is 26.6 Å². The first-order valence-corrected chi connectivity index (χ1v) is 9.40. The Balaban J connectivity index is 2.12. The van der Waals surface area contributed by atoms with Crippen molar-refractivity contribution in [1.29, 1.82) is 0 Å². The summed E-state index contributed by atoms with van der Waals surface area (Å²) in [4.78, 5) is 4.41. The van der Waals surface area contributed by atoms with Gasteiger partial charge in [-0.25, -0.2) is 4.99 Å². The van der Waals surface area contributed by atoms with E-state index in [9.17, 15) is 5.11 Å². The van der Waals surface area contributed by atoms with Crippen LogP contribution in [-0.2, 0) is 6.54 Å². The molecule has 0 amide bonds. The lowest BCUT2D eigenvalue weighted by Gasteiger charge is -2.26. The van der Waals surface area contributed by atoms with E-state index in [1.54, 1.807) is 0 Å². The van der Waals surface area contributed by atoms with Gasteiger partial charge < -0.3 is 16.2 Å². The molecule has 1 aromatic rings. The van der Waals surface area contributed by atoms with Crippen LogP contribution >= 0.6 is 43.5 Å². The summed E-state index contributed by atoms with van der Waals surface area (Å²) in [5.74, 6) is 0.599. The molecule has 1 aliphatic carbocycles. The average Bonchev–Trinajstić information content (AvgIpc) is 2.49. The number of nitrogens with two attached hydrogens (primary N) is 1. The second-order valence-electron chi connectivity index (χ2n) is 5.52. The molecule has 0 aliphatic heterocycles. The van der Waals surface area contributed by atoms with Crippen LogP contribution in [0.4, 0.5) is 5.69 Å². The molecule has 0 spiro atoms. The average molecular weight is 454 g/mol. The van der Waals surface area contributed by atoms with Crippen molar-refractivity contribution in [2.75, 3.05) is 5.88 Å². The van der Waals surface area contributed by atoms with Crippen molar-refractivity contribution in [3.8, 4) is 0 Å². The summed E-state index contributed by atoms with van der Waals surface area (Å²) in [6, 6.07) is 4.42. The van der Waals surface area contributed by atoms with E-state index in [1.807, 2.05) is 12.1 Å². The third-order valence-corrected chi connectivity index (χ3v) is 5.11. The lowest BCUT2D eigenvalue weighted by atomic mass is 9.93. The number of alkyl halides is 1. The molecular weight excluding hydrogens is 433 g/mol. The number of nitrogens with zero attached hydrogens (tertiary/aromatic N) is 1.